The smallest absolute Gasteiger partial charge is 0.197 e. The van der Waals surface area contributed by atoms with Crippen LogP contribution >= 0.6 is 53.9 Å². The van der Waals surface area contributed by atoms with Crippen molar-refractivity contribution in [2.45, 2.75) is 12.8 Å². The third-order valence-electron chi connectivity index (χ3n) is 3.92. The average Bonchev–Trinajstić information content (AvgIpc) is 2.64. The second-order valence-electron chi connectivity index (χ2n) is 7.24. The van der Waals surface area contributed by atoms with Crippen molar-refractivity contribution in [3.63, 3.8) is 0 Å². The molecule has 2 unspecified atom stereocenters. The van der Waals surface area contributed by atoms with E-state index in [-0.39, 0.29) is 0 Å². The van der Waals surface area contributed by atoms with E-state index in [0.717, 1.165) is 22.4 Å². The molecule has 6 nitrogen and oxygen atoms in total. The van der Waals surface area contributed by atoms with Crippen molar-refractivity contribution in [2.24, 2.45) is 0 Å². The molecule has 0 aromatic heterocycles. The van der Waals surface area contributed by atoms with E-state index in [1.165, 1.54) is 13.3 Å². The Morgan fingerprint density at radius 1 is 0.871 bits per heavy atom. The van der Waals surface area contributed by atoms with E-state index in [0.29, 0.717) is 41.8 Å². The van der Waals surface area contributed by atoms with Crippen LogP contribution in [0.2, 0.25) is 10.0 Å². The molecule has 2 rings (SSSR count). The second kappa shape index (κ2) is 13.9. The second-order valence-corrected chi connectivity index (χ2v) is 14.1. The molecule has 0 radical (unpaired) electrons. The van der Waals surface area contributed by atoms with Crippen LogP contribution in [0.3, 0.4) is 0 Å². The Bertz CT molecular complexity index is 905. The van der Waals surface area contributed by atoms with E-state index in [9.17, 15) is 9.13 Å². The van der Waals surface area contributed by atoms with Crippen molar-refractivity contribution in [1.82, 2.24) is 0 Å². The highest BCUT2D eigenvalue weighted by Crippen LogP contribution is 2.36. The van der Waals surface area contributed by atoms with Crippen LogP contribution in [0, 0.1) is 0 Å². The summed E-state index contributed by atoms with van der Waals surface area (Å²) in [6.45, 7) is 4.09. The predicted molar refractivity (Wildman–Crippen MR) is 138 cm³/mol. The van der Waals surface area contributed by atoms with Gasteiger partial charge in [0.25, 0.3) is 0 Å². The highest BCUT2D eigenvalue weighted by molar-refractivity contribution is 9.10. The van der Waals surface area contributed by atoms with Gasteiger partial charge in [-0.2, -0.15) is 0 Å². The highest BCUT2D eigenvalue weighted by Gasteiger charge is 2.09. The minimum absolute atomic E-state index is 0.311. The number of nitrogens with one attached hydrogen (secondary N) is 2. The maximum atomic E-state index is 11.0. The molecule has 2 aromatic rings. The number of rotatable bonds is 10. The van der Waals surface area contributed by atoms with E-state index in [4.69, 9.17) is 33.0 Å². The van der Waals surface area contributed by atoms with Gasteiger partial charge in [-0.3, -0.25) is 9.13 Å². The summed E-state index contributed by atoms with van der Waals surface area (Å²) in [7, 11) is -5.74. The maximum Gasteiger partial charge on any atom is 0.197 e. The standard InChI is InChI=1S/C10H15BrNO2P.C10H14Cl2NO2P/c1-15(13,14)8-2-7-12-10-5-3-9(11)4-6-10;1-16(14,15)6-2-5-13-10-4-3-8(11)7-9(10)12/h3-6,12H,2,7-8H2,1H3,(H,13,14);3-4,7,13H,2,5-6H2,1H3,(H,14,15). The molecule has 0 bridgehead atoms. The molecule has 0 saturated carbocycles. The third kappa shape index (κ3) is 15.0. The van der Waals surface area contributed by atoms with Gasteiger partial charge in [-0.15, -0.1) is 0 Å². The quantitative estimate of drug-likeness (QED) is 0.183. The van der Waals surface area contributed by atoms with Crippen molar-refractivity contribution >= 4 is 65.2 Å². The van der Waals surface area contributed by atoms with Crippen LogP contribution in [0.15, 0.2) is 46.9 Å². The molecule has 31 heavy (non-hydrogen) atoms. The molecule has 0 aliphatic carbocycles. The lowest BCUT2D eigenvalue weighted by Crippen LogP contribution is -2.04. The fourth-order valence-electron chi connectivity index (χ4n) is 2.40. The van der Waals surface area contributed by atoms with E-state index in [1.807, 2.05) is 24.3 Å². The summed E-state index contributed by atoms with van der Waals surface area (Å²) < 4.78 is 23.1. The van der Waals surface area contributed by atoms with E-state index in [2.05, 4.69) is 26.6 Å². The summed E-state index contributed by atoms with van der Waals surface area (Å²) in [4.78, 5) is 18.2. The van der Waals surface area contributed by atoms with Gasteiger partial charge in [0, 0.05) is 53.9 Å². The number of halogens is 3. The van der Waals surface area contributed by atoms with Crippen molar-refractivity contribution in [3.05, 3.63) is 57.0 Å². The van der Waals surface area contributed by atoms with Gasteiger partial charge in [0.1, 0.15) is 0 Å². The first-order chi connectivity index (χ1) is 14.4. The summed E-state index contributed by atoms with van der Waals surface area (Å²) in [5.74, 6) is 0. The van der Waals surface area contributed by atoms with Crippen LogP contribution in [-0.2, 0) is 9.13 Å². The van der Waals surface area contributed by atoms with Gasteiger partial charge in [-0.05, 0) is 55.3 Å². The van der Waals surface area contributed by atoms with Crippen molar-refractivity contribution in [2.75, 3.05) is 49.4 Å². The summed E-state index contributed by atoms with van der Waals surface area (Å²) in [5.41, 5.74) is 1.82. The Hall–Kier alpha value is -0.520. The molecule has 11 heteroatoms. The predicted octanol–water partition coefficient (Wildman–Crippen LogP) is 6.85. The minimum Gasteiger partial charge on any atom is -0.385 e. The fraction of sp³-hybridized carbons (Fsp3) is 0.400. The molecule has 0 aliphatic rings. The molecule has 4 N–H and O–H groups in total. The third-order valence-corrected chi connectivity index (χ3v) is 7.29. The molecule has 0 saturated heterocycles. The van der Waals surface area contributed by atoms with Gasteiger partial charge in [0.2, 0.25) is 0 Å². The highest BCUT2D eigenvalue weighted by atomic mass is 79.9. The lowest BCUT2D eigenvalue weighted by molar-refractivity contribution is 0.482. The Morgan fingerprint density at radius 3 is 1.87 bits per heavy atom. The zero-order chi connectivity index (χ0) is 23.5. The summed E-state index contributed by atoms with van der Waals surface area (Å²) in [6.07, 6.45) is 2.02. The van der Waals surface area contributed by atoms with E-state index >= 15 is 0 Å². The van der Waals surface area contributed by atoms with Crippen LogP contribution in [-0.4, -0.2) is 48.5 Å². The van der Waals surface area contributed by atoms with Gasteiger partial charge in [0.15, 0.2) is 14.7 Å². The van der Waals surface area contributed by atoms with Crippen LogP contribution in [0.4, 0.5) is 11.4 Å². The summed E-state index contributed by atoms with van der Waals surface area (Å²) in [5, 5.41) is 7.42. The van der Waals surface area contributed by atoms with Crippen LogP contribution in [0.25, 0.3) is 0 Å². The lowest BCUT2D eigenvalue weighted by Gasteiger charge is -2.09. The number of anilines is 2. The molecule has 0 aliphatic heterocycles. The zero-order valence-corrected chi connectivity index (χ0v) is 22.4. The first-order valence-electron chi connectivity index (χ1n) is 9.63. The molecule has 0 amide bonds. The monoisotopic (exact) mass is 572 g/mol. The lowest BCUT2D eigenvalue weighted by atomic mass is 10.3. The summed E-state index contributed by atoms with van der Waals surface area (Å²) >= 11 is 15.1. The van der Waals surface area contributed by atoms with Crippen LogP contribution in [0.5, 0.6) is 0 Å². The van der Waals surface area contributed by atoms with Crippen LogP contribution < -0.4 is 10.6 Å². The largest absolute Gasteiger partial charge is 0.385 e. The Labute approximate surface area is 202 Å². The SMILES string of the molecule is CP(=O)(O)CCCNc1ccc(Br)cc1.CP(=O)(O)CCCNc1ccc(Cl)cc1Cl. The normalized spacial score (nSPS) is 14.5. The first kappa shape index (κ1) is 28.5. The van der Waals surface area contributed by atoms with Gasteiger partial charge in [0.05, 0.1) is 10.7 Å². The minimum atomic E-state index is -2.90. The van der Waals surface area contributed by atoms with Gasteiger partial charge in [-0.25, -0.2) is 0 Å². The number of hydrogen-bond acceptors (Lipinski definition) is 4. The first-order valence-corrected chi connectivity index (χ1v) is 15.8. The molecule has 174 valence electrons. The molecular weight excluding hydrogens is 545 g/mol. The Balaban J connectivity index is 0.000000311. The summed E-state index contributed by atoms with van der Waals surface area (Å²) in [6, 6.07) is 13.0. The van der Waals surface area contributed by atoms with Gasteiger partial charge < -0.3 is 20.4 Å². The van der Waals surface area contributed by atoms with Crippen LogP contribution in [0.1, 0.15) is 12.8 Å². The average molecular weight is 574 g/mol. The number of hydrogen-bond donors (Lipinski definition) is 4. The van der Waals surface area contributed by atoms with Crippen molar-refractivity contribution in [1.29, 1.82) is 0 Å². The molecule has 0 fully saturated rings. The van der Waals surface area contributed by atoms with E-state index in [1.54, 1.807) is 18.2 Å². The topological polar surface area (TPSA) is 98.7 Å². The molecule has 2 aromatic carbocycles. The van der Waals surface area contributed by atoms with Gasteiger partial charge in [-0.1, -0.05) is 39.1 Å². The number of benzene rings is 2. The molecular formula is C20H29BrCl2N2O4P2. The molecule has 0 heterocycles. The Morgan fingerprint density at radius 2 is 1.39 bits per heavy atom. The van der Waals surface area contributed by atoms with E-state index < -0.39 is 14.7 Å². The van der Waals surface area contributed by atoms with Crippen molar-refractivity contribution in [3.8, 4) is 0 Å². The Kier molecular flexibility index (Phi) is 12.8. The molecule has 2 atom stereocenters. The fourth-order valence-corrected chi connectivity index (χ4v) is 4.63. The zero-order valence-electron chi connectivity index (χ0n) is 17.5. The molecule has 0 spiro atoms. The van der Waals surface area contributed by atoms with Crippen molar-refractivity contribution < 1.29 is 18.9 Å². The maximum absolute atomic E-state index is 11.0. The van der Waals surface area contributed by atoms with Gasteiger partial charge >= 0.3 is 0 Å².